The molecular weight excluding hydrogens is 312 g/mol. The van der Waals surface area contributed by atoms with Crippen LogP contribution < -0.4 is 0 Å². The van der Waals surface area contributed by atoms with Crippen molar-refractivity contribution in [1.29, 1.82) is 0 Å². The monoisotopic (exact) mass is 332 g/mol. The van der Waals surface area contributed by atoms with Crippen LogP contribution in [0.1, 0.15) is 28.2 Å². The second kappa shape index (κ2) is 6.51. The van der Waals surface area contributed by atoms with E-state index in [1.54, 1.807) is 12.4 Å². The summed E-state index contributed by atoms with van der Waals surface area (Å²) in [5.74, 6) is 0.299. The molecule has 0 aliphatic carbocycles. The van der Waals surface area contributed by atoms with Crippen LogP contribution >= 0.6 is 0 Å². The van der Waals surface area contributed by atoms with Crippen LogP contribution in [0.15, 0.2) is 61.2 Å². The predicted octanol–water partition coefficient (Wildman–Crippen LogP) is 2.53. The molecule has 0 saturated heterocycles. The van der Waals surface area contributed by atoms with Gasteiger partial charge in [0.25, 0.3) is 0 Å². The lowest BCUT2D eigenvalue weighted by molar-refractivity contribution is -0.131. The lowest BCUT2D eigenvalue weighted by atomic mass is 9.86. The zero-order valence-electron chi connectivity index (χ0n) is 14.2. The number of benzene rings is 1. The zero-order valence-corrected chi connectivity index (χ0v) is 14.2. The van der Waals surface area contributed by atoms with Gasteiger partial charge in [-0.25, -0.2) is 0 Å². The van der Waals surface area contributed by atoms with Gasteiger partial charge in [0.05, 0.1) is 12.6 Å². The van der Waals surface area contributed by atoms with Crippen molar-refractivity contribution in [3.05, 3.63) is 83.4 Å². The van der Waals surface area contributed by atoms with Crippen LogP contribution in [0, 0.1) is 0 Å². The number of rotatable bonds is 3. The van der Waals surface area contributed by atoms with Crippen LogP contribution in [-0.2, 0) is 24.8 Å². The highest BCUT2D eigenvalue weighted by molar-refractivity contribution is 5.79. The topological polar surface area (TPSA) is 51.0 Å². The minimum atomic E-state index is 0.136. The standard InChI is InChI=1S/C20H20N4O/c1-23-12-17(11-22-23)19-14-24(13-16-6-2-3-7-18(16)19)20(25)9-15-5-4-8-21-10-15/h2-8,10-12,19H,9,13-14H2,1H3. The second-order valence-corrected chi connectivity index (χ2v) is 6.51. The molecule has 1 aliphatic rings. The van der Waals surface area contributed by atoms with Crippen LogP contribution in [0.25, 0.3) is 0 Å². The fourth-order valence-corrected chi connectivity index (χ4v) is 3.49. The average Bonchev–Trinajstić information content (AvgIpc) is 3.08. The second-order valence-electron chi connectivity index (χ2n) is 6.51. The number of hydrogen-bond donors (Lipinski definition) is 0. The molecule has 25 heavy (non-hydrogen) atoms. The summed E-state index contributed by atoms with van der Waals surface area (Å²) in [4.78, 5) is 18.9. The number of nitrogens with zero attached hydrogens (tertiary/aromatic N) is 4. The van der Waals surface area contributed by atoms with E-state index in [1.807, 2.05) is 47.2 Å². The first-order chi connectivity index (χ1) is 12.2. The molecular formula is C20H20N4O. The number of aryl methyl sites for hydroxylation is 1. The van der Waals surface area contributed by atoms with Crippen LogP contribution in [0.4, 0.5) is 0 Å². The molecule has 2 aromatic heterocycles. The first kappa shape index (κ1) is 15.6. The van der Waals surface area contributed by atoms with Crippen molar-refractivity contribution < 1.29 is 4.79 Å². The van der Waals surface area contributed by atoms with Gasteiger partial charge < -0.3 is 4.90 Å². The van der Waals surface area contributed by atoms with Crippen molar-refractivity contribution in [3.8, 4) is 0 Å². The normalized spacial score (nSPS) is 16.5. The summed E-state index contributed by atoms with van der Waals surface area (Å²) in [7, 11) is 1.92. The van der Waals surface area contributed by atoms with Crippen LogP contribution in [0.5, 0.6) is 0 Å². The van der Waals surface area contributed by atoms with E-state index in [9.17, 15) is 4.79 Å². The first-order valence-corrected chi connectivity index (χ1v) is 8.44. The minimum absolute atomic E-state index is 0.136. The molecule has 1 amide bonds. The van der Waals surface area contributed by atoms with E-state index in [-0.39, 0.29) is 11.8 Å². The number of aromatic nitrogens is 3. The predicted molar refractivity (Wildman–Crippen MR) is 94.9 cm³/mol. The molecule has 1 aromatic carbocycles. The van der Waals surface area contributed by atoms with E-state index in [0.29, 0.717) is 19.5 Å². The molecule has 1 atom stereocenters. The van der Waals surface area contributed by atoms with Crippen LogP contribution in [0.2, 0.25) is 0 Å². The molecule has 0 saturated carbocycles. The highest BCUT2D eigenvalue weighted by Crippen LogP contribution is 2.33. The number of amides is 1. The average molecular weight is 332 g/mol. The van der Waals surface area contributed by atoms with E-state index in [2.05, 4.69) is 28.3 Å². The fraction of sp³-hybridized carbons (Fsp3) is 0.250. The Hall–Kier alpha value is -2.95. The summed E-state index contributed by atoms with van der Waals surface area (Å²) in [6.07, 6.45) is 7.81. The quantitative estimate of drug-likeness (QED) is 0.740. The van der Waals surface area contributed by atoms with E-state index in [4.69, 9.17) is 0 Å². The number of carbonyl (C=O) groups excluding carboxylic acids is 1. The van der Waals surface area contributed by atoms with Gasteiger partial charge in [0.2, 0.25) is 5.91 Å². The third-order valence-corrected chi connectivity index (χ3v) is 4.75. The molecule has 1 unspecified atom stereocenters. The fourth-order valence-electron chi connectivity index (χ4n) is 3.49. The maximum absolute atomic E-state index is 12.8. The molecule has 5 heteroatoms. The molecule has 0 radical (unpaired) electrons. The minimum Gasteiger partial charge on any atom is -0.337 e. The van der Waals surface area contributed by atoms with Gasteiger partial charge in [-0.15, -0.1) is 0 Å². The molecule has 126 valence electrons. The summed E-state index contributed by atoms with van der Waals surface area (Å²) >= 11 is 0. The largest absolute Gasteiger partial charge is 0.337 e. The van der Waals surface area contributed by atoms with Gasteiger partial charge >= 0.3 is 0 Å². The number of carbonyl (C=O) groups is 1. The van der Waals surface area contributed by atoms with Crippen LogP contribution in [-0.4, -0.2) is 32.1 Å². The molecule has 4 rings (SSSR count). The van der Waals surface area contributed by atoms with Gasteiger partial charge in [0.15, 0.2) is 0 Å². The molecule has 0 N–H and O–H groups in total. The summed E-state index contributed by atoms with van der Waals surface area (Å²) in [6, 6.07) is 12.2. The highest BCUT2D eigenvalue weighted by Gasteiger charge is 2.29. The van der Waals surface area contributed by atoms with E-state index in [1.165, 1.54) is 11.1 Å². The molecule has 3 aromatic rings. The van der Waals surface area contributed by atoms with E-state index < -0.39 is 0 Å². The van der Waals surface area contributed by atoms with E-state index in [0.717, 1.165) is 11.1 Å². The Morgan fingerprint density at radius 2 is 2.08 bits per heavy atom. The van der Waals surface area contributed by atoms with Crippen molar-refractivity contribution in [2.24, 2.45) is 7.05 Å². The zero-order chi connectivity index (χ0) is 17.2. The van der Waals surface area contributed by atoms with Crippen molar-refractivity contribution in [2.75, 3.05) is 6.54 Å². The highest BCUT2D eigenvalue weighted by atomic mass is 16.2. The van der Waals surface area contributed by atoms with Crippen molar-refractivity contribution >= 4 is 5.91 Å². The Balaban J connectivity index is 1.62. The summed E-state index contributed by atoms with van der Waals surface area (Å²) < 4.78 is 1.81. The van der Waals surface area contributed by atoms with Gasteiger partial charge in [-0.3, -0.25) is 14.5 Å². The van der Waals surface area contributed by atoms with Crippen LogP contribution in [0.3, 0.4) is 0 Å². The Morgan fingerprint density at radius 1 is 1.20 bits per heavy atom. The van der Waals surface area contributed by atoms with Crippen molar-refractivity contribution in [3.63, 3.8) is 0 Å². The van der Waals surface area contributed by atoms with E-state index >= 15 is 0 Å². The Labute approximate surface area is 146 Å². The lowest BCUT2D eigenvalue weighted by Gasteiger charge is -2.34. The summed E-state index contributed by atoms with van der Waals surface area (Å²) in [5, 5.41) is 4.31. The number of pyridine rings is 1. The number of hydrogen-bond acceptors (Lipinski definition) is 3. The Bertz CT molecular complexity index is 887. The van der Waals surface area contributed by atoms with Crippen molar-refractivity contribution in [1.82, 2.24) is 19.7 Å². The van der Waals surface area contributed by atoms with Gasteiger partial charge in [0, 0.05) is 44.6 Å². The summed E-state index contributed by atoms with van der Waals surface area (Å²) in [6.45, 7) is 1.34. The molecule has 0 bridgehead atoms. The molecule has 3 heterocycles. The SMILES string of the molecule is Cn1cc(C2CN(C(=O)Cc3cccnc3)Cc3ccccc32)cn1. The van der Waals surface area contributed by atoms with Gasteiger partial charge in [0.1, 0.15) is 0 Å². The summed E-state index contributed by atoms with van der Waals surface area (Å²) in [5.41, 5.74) is 4.60. The number of fused-ring (bicyclic) bond motifs is 1. The van der Waals surface area contributed by atoms with Crippen molar-refractivity contribution in [2.45, 2.75) is 18.9 Å². The molecule has 0 fully saturated rings. The Kier molecular flexibility index (Phi) is 4.06. The maximum Gasteiger partial charge on any atom is 0.227 e. The maximum atomic E-state index is 12.8. The van der Waals surface area contributed by atoms with Gasteiger partial charge in [-0.05, 0) is 28.3 Å². The van der Waals surface area contributed by atoms with Gasteiger partial charge in [-0.2, -0.15) is 5.10 Å². The lowest BCUT2D eigenvalue weighted by Crippen LogP contribution is -2.39. The smallest absolute Gasteiger partial charge is 0.227 e. The van der Waals surface area contributed by atoms with Gasteiger partial charge in [-0.1, -0.05) is 30.3 Å². The third-order valence-electron chi connectivity index (χ3n) is 4.75. The molecule has 1 aliphatic heterocycles. The first-order valence-electron chi connectivity index (χ1n) is 8.44. The molecule has 5 nitrogen and oxygen atoms in total. The Morgan fingerprint density at radius 3 is 2.84 bits per heavy atom. The third kappa shape index (κ3) is 3.18. The molecule has 0 spiro atoms.